The Morgan fingerprint density at radius 3 is 1.49 bits per heavy atom. The molecular formula is C60H49BrN2. The van der Waals surface area contributed by atoms with Crippen LogP contribution in [0.25, 0.3) is 44.5 Å². The molecule has 1 unspecified atom stereocenters. The van der Waals surface area contributed by atoms with Gasteiger partial charge in [-0.25, -0.2) is 0 Å². The van der Waals surface area contributed by atoms with Crippen molar-refractivity contribution in [1.82, 2.24) is 0 Å². The van der Waals surface area contributed by atoms with Gasteiger partial charge in [-0.3, -0.25) is 0 Å². The van der Waals surface area contributed by atoms with E-state index in [9.17, 15) is 0 Å². The first-order valence-electron chi connectivity index (χ1n) is 22.1. The minimum Gasteiger partial charge on any atom is -0.372 e. The van der Waals surface area contributed by atoms with Gasteiger partial charge in [0.15, 0.2) is 0 Å². The lowest BCUT2D eigenvalue weighted by Gasteiger charge is -2.41. The maximum absolute atomic E-state index is 4.21. The van der Waals surface area contributed by atoms with Crippen molar-refractivity contribution >= 4 is 33.0 Å². The summed E-state index contributed by atoms with van der Waals surface area (Å²) in [5.74, 6) is 0. The molecule has 3 aliphatic rings. The van der Waals surface area contributed by atoms with Crippen molar-refractivity contribution in [3.63, 3.8) is 0 Å². The molecule has 3 heteroatoms. The van der Waals surface area contributed by atoms with Crippen LogP contribution in [0.1, 0.15) is 61.9 Å². The Kier molecular flexibility index (Phi) is 9.33. The van der Waals surface area contributed by atoms with Gasteiger partial charge in [-0.15, -0.1) is 0 Å². The van der Waals surface area contributed by atoms with E-state index in [1.54, 1.807) is 0 Å². The monoisotopic (exact) mass is 876 g/mol. The third-order valence-corrected chi connectivity index (χ3v) is 14.4. The molecule has 1 atom stereocenters. The van der Waals surface area contributed by atoms with Gasteiger partial charge in [-0.2, -0.15) is 0 Å². The number of hydrogen-bond donors (Lipinski definition) is 1. The van der Waals surface area contributed by atoms with E-state index in [0.717, 1.165) is 21.5 Å². The molecule has 0 radical (unpaired) electrons. The van der Waals surface area contributed by atoms with Crippen LogP contribution >= 0.6 is 15.9 Å². The predicted octanol–water partition coefficient (Wildman–Crippen LogP) is 16.3. The number of allylic oxidation sites excluding steroid dienone is 2. The van der Waals surface area contributed by atoms with Crippen molar-refractivity contribution in [2.75, 3.05) is 10.2 Å². The summed E-state index contributed by atoms with van der Waals surface area (Å²) >= 11 is 4.11. The Balaban J connectivity index is 1.05. The Morgan fingerprint density at radius 1 is 0.444 bits per heavy atom. The van der Waals surface area contributed by atoms with Crippen LogP contribution in [0.3, 0.4) is 0 Å². The molecule has 11 rings (SSSR count). The fraction of sp³-hybridized carbons (Fsp3) is 0.133. The second kappa shape index (κ2) is 15.0. The van der Waals surface area contributed by atoms with Crippen molar-refractivity contribution in [2.45, 2.75) is 50.5 Å². The zero-order valence-corrected chi connectivity index (χ0v) is 37.7. The highest BCUT2D eigenvalue weighted by Gasteiger charge is 2.40. The molecule has 3 aliphatic carbocycles. The van der Waals surface area contributed by atoms with E-state index < -0.39 is 5.54 Å². The molecule has 0 aliphatic heterocycles. The average Bonchev–Trinajstić information content (AvgIpc) is 3.68. The number of benzene rings is 8. The third-order valence-electron chi connectivity index (χ3n) is 14.0. The molecule has 0 amide bonds. The molecule has 0 aromatic heterocycles. The minimum atomic E-state index is -0.615. The van der Waals surface area contributed by atoms with Gasteiger partial charge in [0.05, 0.1) is 5.54 Å². The van der Waals surface area contributed by atoms with Gasteiger partial charge < -0.3 is 10.2 Å². The van der Waals surface area contributed by atoms with Crippen LogP contribution in [-0.2, 0) is 16.4 Å². The molecule has 0 fully saturated rings. The number of nitrogens with zero attached hydrogens (tertiary/aromatic N) is 1. The zero-order valence-electron chi connectivity index (χ0n) is 36.2. The molecule has 8 aromatic rings. The summed E-state index contributed by atoms with van der Waals surface area (Å²) in [7, 11) is 0. The van der Waals surface area contributed by atoms with E-state index in [-0.39, 0.29) is 10.8 Å². The molecule has 2 nitrogen and oxygen atoms in total. The third kappa shape index (κ3) is 6.60. The van der Waals surface area contributed by atoms with Gasteiger partial charge >= 0.3 is 0 Å². The van der Waals surface area contributed by atoms with Crippen molar-refractivity contribution in [3.8, 4) is 44.5 Å². The first-order chi connectivity index (χ1) is 30.6. The van der Waals surface area contributed by atoms with Gasteiger partial charge in [-0.05, 0) is 121 Å². The molecule has 8 aromatic carbocycles. The topological polar surface area (TPSA) is 15.3 Å². The number of fused-ring (bicyclic) bond motifs is 6. The van der Waals surface area contributed by atoms with Gasteiger partial charge in [0.1, 0.15) is 0 Å². The van der Waals surface area contributed by atoms with E-state index >= 15 is 0 Å². The summed E-state index contributed by atoms with van der Waals surface area (Å²) in [6, 6.07) is 71.5. The van der Waals surface area contributed by atoms with Crippen LogP contribution in [0.2, 0.25) is 0 Å². The van der Waals surface area contributed by atoms with Gasteiger partial charge in [-0.1, -0.05) is 201 Å². The van der Waals surface area contributed by atoms with Crippen LogP contribution in [0.5, 0.6) is 0 Å². The summed E-state index contributed by atoms with van der Waals surface area (Å²) in [6.45, 7) is 9.44. The van der Waals surface area contributed by atoms with Crippen LogP contribution in [0, 0.1) is 0 Å². The quantitative estimate of drug-likeness (QED) is 0.164. The van der Waals surface area contributed by atoms with Crippen molar-refractivity contribution in [3.05, 3.63) is 244 Å². The molecule has 0 heterocycles. The van der Waals surface area contributed by atoms with Gasteiger partial charge in [0, 0.05) is 44.5 Å². The van der Waals surface area contributed by atoms with Crippen LogP contribution in [-0.4, -0.2) is 0 Å². The number of anilines is 3. The molecule has 0 saturated carbocycles. The number of halogens is 1. The normalized spacial score (nSPS) is 17.4. The highest BCUT2D eigenvalue weighted by Crippen LogP contribution is 2.53. The van der Waals surface area contributed by atoms with Gasteiger partial charge in [0.25, 0.3) is 0 Å². The van der Waals surface area contributed by atoms with E-state index in [1.165, 1.54) is 78.0 Å². The van der Waals surface area contributed by atoms with E-state index in [0.29, 0.717) is 6.42 Å². The predicted molar refractivity (Wildman–Crippen MR) is 269 cm³/mol. The van der Waals surface area contributed by atoms with Crippen LogP contribution < -0.4 is 10.2 Å². The Morgan fingerprint density at radius 2 is 0.905 bits per heavy atom. The maximum Gasteiger partial charge on any atom is 0.0878 e. The Labute approximate surface area is 380 Å². The van der Waals surface area contributed by atoms with E-state index in [2.05, 4.69) is 260 Å². The molecule has 1 N–H and O–H groups in total. The number of hydrogen-bond acceptors (Lipinski definition) is 2. The lowest BCUT2D eigenvalue weighted by Crippen LogP contribution is -2.38. The SMILES string of the molecule is CC1(C)c2ccccc2-c2ccc(NC3(c4ccc(-c5ccccc5)cc4)C=C(Br)C=C(N(c4ccc(-c5ccccc5)cc4)c4ccc5c(c4)C(C)(C)c4ccccc4-5)C3)cc21. The van der Waals surface area contributed by atoms with E-state index in [1.807, 2.05) is 0 Å². The smallest absolute Gasteiger partial charge is 0.0878 e. The summed E-state index contributed by atoms with van der Waals surface area (Å²) in [5, 5.41) is 4.21. The molecule has 0 spiro atoms. The lowest BCUT2D eigenvalue weighted by atomic mass is 9.80. The van der Waals surface area contributed by atoms with Crippen LogP contribution in [0.4, 0.5) is 17.1 Å². The van der Waals surface area contributed by atoms with Crippen molar-refractivity contribution < 1.29 is 0 Å². The first kappa shape index (κ1) is 39.2. The molecular weight excluding hydrogens is 829 g/mol. The maximum atomic E-state index is 4.21. The summed E-state index contributed by atoms with van der Waals surface area (Å²) < 4.78 is 1.03. The number of nitrogens with one attached hydrogen (secondary N) is 1. The summed E-state index contributed by atoms with van der Waals surface area (Å²) in [4.78, 5) is 2.49. The van der Waals surface area contributed by atoms with E-state index in [4.69, 9.17) is 0 Å². The largest absolute Gasteiger partial charge is 0.372 e. The molecule has 306 valence electrons. The Hall–Kier alpha value is -6.68. The average molecular weight is 878 g/mol. The lowest BCUT2D eigenvalue weighted by molar-refractivity contribution is 0.590. The molecule has 0 bridgehead atoms. The molecule has 63 heavy (non-hydrogen) atoms. The first-order valence-corrected chi connectivity index (χ1v) is 22.9. The number of rotatable bonds is 8. The van der Waals surface area contributed by atoms with Gasteiger partial charge in [0.2, 0.25) is 0 Å². The summed E-state index contributed by atoms with van der Waals surface area (Å²) in [5.41, 5.74) is 20.4. The standard InChI is InChI=1S/C60H49BrN2/c1-58(2)54-21-13-11-19-50(54)52-33-29-46(36-56(52)58)62-60(44-27-23-42(24-28-44)40-15-7-5-8-16-40)38-45(61)35-49(39-60)63(47-30-25-43(26-31-47)41-17-9-6-10-18-41)48-32-34-53-51-20-12-14-22-55(51)59(3,4)57(53)37-48/h5-38,62H,39H2,1-4H3. The summed E-state index contributed by atoms with van der Waals surface area (Å²) in [6.07, 6.45) is 5.38. The zero-order chi connectivity index (χ0) is 42.9. The second-order valence-corrected chi connectivity index (χ2v) is 19.4. The fourth-order valence-corrected chi connectivity index (χ4v) is 11.3. The van der Waals surface area contributed by atoms with Crippen LogP contribution in [0.15, 0.2) is 216 Å². The fourth-order valence-electron chi connectivity index (χ4n) is 10.7. The highest BCUT2D eigenvalue weighted by molar-refractivity contribution is 9.11. The molecule has 0 saturated heterocycles. The highest BCUT2D eigenvalue weighted by atomic mass is 79.9. The Bertz CT molecular complexity index is 3100. The minimum absolute atomic E-state index is 0.119. The van der Waals surface area contributed by atoms with Crippen molar-refractivity contribution in [1.29, 1.82) is 0 Å². The second-order valence-electron chi connectivity index (χ2n) is 18.5. The van der Waals surface area contributed by atoms with Crippen molar-refractivity contribution in [2.24, 2.45) is 0 Å².